The summed E-state index contributed by atoms with van der Waals surface area (Å²) >= 11 is 0. The predicted octanol–water partition coefficient (Wildman–Crippen LogP) is -0.770. The van der Waals surface area contributed by atoms with Crippen LogP contribution in [0.5, 0.6) is 0 Å². The molecular weight excluding hydrogens is 234 g/mol. The summed E-state index contributed by atoms with van der Waals surface area (Å²) in [6, 6.07) is 0.324. The highest BCUT2D eigenvalue weighted by Gasteiger charge is 2.32. The van der Waals surface area contributed by atoms with Crippen molar-refractivity contribution in [1.29, 1.82) is 0 Å². The third kappa shape index (κ3) is 3.43. The van der Waals surface area contributed by atoms with Gasteiger partial charge in [-0.2, -0.15) is 0 Å². The Hall–Kier alpha value is -1.14. The van der Waals surface area contributed by atoms with Crippen LogP contribution in [0.25, 0.3) is 0 Å². The SMILES string of the molecule is CN(CC(=O)NC1CC1)C(=O)[C@@H]1CC[C@H](CN)O1. The second-order valence-electron chi connectivity index (χ2n) is 5.10. The molecule has 102 valence electrons. The summed E-state index contributed by atoms with van der Waals surface area (Å²) in [5.41, 5.74) is 5.50. The van der Waals surface area contributed by atoms with Crippen LogP contribution in [0, 0.1) is 0 Å². The van der Waals surface area contributed by atoms with Gasteiger partial charge in [0.2, 0.25) is 5.91 Å². The molecule has 0 unspecified atom stereocenters. The molecule has 6 nitrogen and oxygen atoms in total. The zero-order valence-electron chi connectivity index (χ0n) is 10.7. The van der Waals surface area contributed by atoms with Gasteiger partial charge in [-0.15, -0.1) is 0 Å². The second-order valence-corrected chi connectivity index (χ2v) is 5.10. The molecule has 0 spiro atoms. The molecule has 18 heavy (non-hydrogen) atoms. The number of nitrogens with two attached hydrogens (primary N) is 1. The number of ether oxygens (including phenoxy) is 1. The lowest BCUT2D eigenvalue weighted by Gasteiger charge is -2.20. The van der Waals surface area contributed by atoms with E-state index in [9.17, 15) is 9.59 Å². The molecule has 1 saturated carbocycles. The average molecular weight is 255 g/mol. The molecule has 0 bridgehead atoms. The first kappa shape index (κ1) is 13.3. The lowest BCUT2D eigenvalue weighted by Crippen LogP contribution is -2.43. The largest absolute Gasteiger partial charge is 0.364 e. The normalized spacial score (nSPS) is 27.0. The van der Waals surface area contributed by atoms with Crippen LogP contribution in [0.4, 0.5) is 0 Å². The van der Waals surface area contributed by atoms with Gasteiger partial charge in [0.15, 0.2) is 0 Å². The molecule has 0 aromatic rings. The Morgan fingerprint density at radius 2 is 2.06 bits per heavy atom. The number of carbonyl (C=O) groups excluding carboxylic acids is 2. The van der Waals surface area contributed by atoms with Gasteiger partial charge < -0.3 is 20.7 Å². The van der Waals surface area contributed by atoms with E-state index in [2.05, 4.69) is 5.32 Å². The maximum Gasteiger partial charge on any atom is 0.251 e. The Labute approximate surface area is 107 Å². The van der Waals surface area contributed by atoms with Crippen LogP contribution in [-0.2, 0) is 14.3 Å². The Morgan fingerprint density at radius 1 is 1.33 bits per heavy atom. The van der Waals surface area contributed by atoms with Crippen molar-refractivity contribution in [1.82, 2.24) is 10.2 Å². The van der Waals surface area contributed by atoms with Gasteiger partial charge in [-0.05, 0) is 25.7 Å². The molecule has 2 atom stereocenters. The van der Waals surface area contributed by atoms with E-state index in [1.54, 1.807) is 7.05 Å². The van der Waals surface area contributed by atoms with Crippen LogP contribution in [-0.4, -0.2) is 55.1 Å². The third-order valence-electron chi connectivity index (χ3n) is 3.35. The van der Waals surface area contributed by atoms with Crippen molar-refractivity contribution in [3.05, 3.63) is 0 Å². The molecule has 2 aliphatic rings. The Balaban J connectivity index is 1.75. The summed E-state index contributed by atoms with van der Waals surface area (Å²) in [5.74, 6) is -0.224. The molecule has 2 amide bonds. The lowest BCUT2D eigenvalue weighted by atomic mass is 10.2. The fraction of sp³-hybridized carbons (Fsp3) is 0.833. The van der Waals surface area contributed by atoms with Crippen molar-refractivity contribution in [3.8, 4) is 0 Å². The van der Waals surface area contributed by atoms with Gasteiger partial charge in [0, 0.05) is 19.6 Å². The first-order valence-corrected chi connectivity index (χ1v) is 6.50. The summed E-state index contributed by atoms with van der Waals surface area (Å²) in [7, 11) is 1.63. The number of carbonyl (C=O) groups is 2. The van der Waals surface area contributed by atoms with E-state index in [4.69, 9.17) is 10.5 Å². The highest BCUT2D eigenvalue weighted by Crippen LogP contribution is 2.20. The molecule has 0 aromatic carbocycles. The van der Waals surface area contributed by atoms with Crippen LogP contribution < -0.4 is 11.1 Å². The Bertz CT molecular complexity index is 331. The molecule has 1 aliphatic carbocycles. The van der Waals surface area contributed by atoms with E-state index in [-0.39, 0.29) is 24.5 Å². The number of amides is 2. The van der Waals surface area contributed by atoms with Crippen molar-refractivity contribution < 1.29 is 14.3 Å². The fourth-order valence-corrected chi connectivity index (χ4v) is 2.10. The first-order chi connectivity index (χ1) is 8.60. The van der Waals surface area contributed by atoms with Gasteiger partial charge >= 0.3 is 0 Å². The molecule has 1 aliphatic heterocycles. The molecule has 0 radical (unpaired) electrons. The number of hydrogen-bond acceptors (Lipinski definition) is 4. The zero-order chi connectivity index (χ0) is 13.1. The molecule has 1 saturated heterocycles. The fourth-order valence-electron chi connectivity index (χ4n) is 2.10. The van der Waals surface area contributed by atoms with Gasteiger partial charge in [-0.3, -0.25) is 9.59 Å². The van der Waals surface area contributed by atoms with E-state index in [1.165, 1.54) is 4.90 Å². The van der Waals surface area contributed by atoms with Crippen molar-refractivity contribution in [2.24, 2.45) is 5.73 Å². The van der Waals surface area contributed by atoms with Gasteiger partial charge in [0.1, 0.15) is 6.10 Å². The van der Waals surface area contributed by atoms with E-state index in [0.717, 1.165) is 19.3 Å². The molecule has 3 N–H and O–H groups in total. The Morgan fingerprint density at radius 3 is 2.61 bits per heavy atom. The number of likely N-dealkylation sites (N-methyl/N-ethyl adjacent to an activating group) is 1. The Kier molecular flexibility index (Phi) is 4.19. The molecular formula is C12H21N3O3. The molecule has 2 fully saturated rings. The summed E-state index contributed by atoms with van der Waals surface area (Å²) in [6.07, 6.45) is 3.15. The third-order valence-corrected chi connectivity index (χ3v) is 3.35. The minimum atomic E-state index is -0.433. The summed E-state index contributed by atoms with van der Waals surface area (Å²) in [6.45, 7) is 0.540. The summed E-state index contributed by atoms with van der Waals surface area (Å²) in [4.78, 5) is 25.0. The number of nitrogens with zero attached hydrogens (tertiary/aromatic N) is 1. The smallest absolute Gasteiger partial charge is 0.251 e. The minimum absolute atomic E-state index is 0.0207. The molecule has 0 aromatic heterocycles. The van der Waals surface area contributed by atoms with Crippen LogP contribution in [0.3, 0.4) is 0 Å². The number of hydrogen-bond donors (Lipinski definition) is 2. The van der Waals surface area contributed by atoms with Crippen molar-refractivity contribution in [3.63, 3.8) is 0 Å². The van der Waals surface area contributed by atoms with Crippen LogP contribution in [0.2, 0.25) is 0 Å². The quantitative estimate of drug-likeness (QED) is 0.675. The van der Waals surface area contributed by atoms with E-state index < -0.39 is 6.10 Å². The number of rotatable bonds is 5. The van der Waals surface area contributed by atoms with Crippen molar-refractivity contribution >= 4 is 11.8 Å². The van der Waals surface area contributed by atoms with Crippen LogP contribution >= 0.6 is 0 Å². The maximum atomic E-state index is 12.0. The van der Waals surface area contributed by atoms with Gasteiger partial charge in [-0.25, -0.2) is 0 Å². The highest BCUT2D eigenvalue weighted by molar-refractivity contribution is 5.87. The first-order valence-electron chi connectivity index (χ1n) is 6.50. The lowest BCUT2D eigenvalue weighted by molar-refractivity contribution is -0.144. The minimum Gasteiger partial charge on any atom is -0.364 e. The highest BCUT2D eigenvalue weighted by atomic mass is 16.5. The van der Waals surface area contributed by atoms with Gasteiger partial charge in [0.25, 0.3) is 5.91 Å². The number of nitrogens with one attached hydrogen (secondary N) is 1. The predicted molar refractivity (Wildman–Crippen MR) is 65.8 cm³/mol. The molecule has 1 heterocycles. The summed E-state index contributed by atoms with van der Waals surface area (Å²) in [5, 5.41) is 2.86. The van der Waals surface area contributed by atoms with Crippen LogP contribution in [0.1, 0.15) is 25.7 Å². The van der Waals surface area contributed by atoms with Crippen molar-refractivity contribution in [2.45, 2.75) is 43.9 Å². The average Bonchev–Trinajstić information content (AvgIpc) is 3.02. The topological polar surface area (TPSA) is 84.7 Å². The summed E-state index contributed by atoms with van der Waals surface area (Å²) < 4.78 is 5.52. The maximum absolute atomic E-state index is 12.0. The van der Waals surface area contributed by atoms with E-state index in [0.29, 0.717) is 19.0 Å². The monoisotopic (exact) mass is 255 g/mol. The molecule has 6 heteroatoms. The second kappa shape index (κ2) is 5.67. The van der Waals surface area contributed by atoms with Crippen LogP contribution in [0.15, 0.2) is 0 Å². The standard InChI is InChI=1S/C12H21N3O3/c1-15(7-11(16)14-8-2-3-8)12(17)10-5-4-9(6-13)18-10/h8-10H,2-7,13H2,1H3,(H,14,16)/t9-,10+/m1/s1. The van der Waals surface area contributed by atoms with E-state index in [1.807, 2.05) is 0 Å². The van der Waals surface area contributed by atoms with Gasteiger partial charge in [0.05, 0.1) is 12.6 Å². The van der Waals surface area contributed by atoms with E-state index >= 15 is 0 Å². The molecule has 2 rings (SSSR count). The zero-order valence-corrected chi connectivity index (χ0v) is 10.7. The van der Waals surface area contributed by atoms with Gasteiger partial charge in [-0.1, -0.05) is 0 Å². The van der Waals surface area contributed by atoms with Crippen molar-refractivity contribution in [2.75, 3.05) is 20.1 Å².